The standard InChI is InChI=1S/C30H37N5OS/c1-4-30(3,33-19-20(2)10-15-23-7-5-9-25-27(23)35-29(37)34-25)18-22-13-11-21(12-14-22)17-26-24(28(31)36)8-6-16-32-26/h5-9,11-14,16,20,33H,4,10,15,17-19H2,1-3H3,(H2,31,36)(H2,34,35,37). The molecule has 2 heterocycles. The minimum Gasteiger partial charge on any atom is -0.366 e. The number of carbonyl (C=O) groups excluding carboxylic acids is 1. The van der Waals surface area contributed by atoms with Crippen molar-refractivity contribution in [2.75, 3.05) is 6.54 Å². The number of benzene rings is 2. The van der Waals surface area contributed by atoms with Gasteiger partial charge >= 0.3 is 0 Å². The van der Waals surface area contributed by atoms with Gasteiger partial charge in [-0.15, -0.1) is 0 Å². The number of pyridine rings is 1. The van der Waals surface area contributed by atoms with Gasteiger partial charge in [-0.2, -0.15) is 0 Å². The van der Waals surface area contributed by atoms with Crippen LogP contribution in [-0.2, 0) is 19.3 Å². The molecule has 37 heavy (non-hydrogen) atoms. The molecule has 2 aromatic carbocycles. The summed E-state index contributed by atoms with van der Waals surface area (Å²) >= 11 is 5.27. The summed E-state index contributed by atoms with van der Waals surface area (Å²) in [6, 6.07) is 18.4. The summed E-state index contributed by atoms with van der Waals surface area (Å²) < 4.78 is 0.677. The smallest absolute Gasteiger partial charge is 0.250 e. The maximum atomic E-state index is 11.7. The van der Waals surface area contributed by atoms with E-state index in [-0.39, 0.29) is 5.54 Å². The number of nitrogens with one attached hydrogen (secondary N) is 3. The number of primary amides is 1. The number of imidazole rings is 1. The Hall–Kier alpha value is -3.29. The van der Waals surface area contributed by atoms with Gasteiger partial charge in [0.05, 0.1) is 22.3 Å². The Morgan fingerprint density at radius 1 is 1.11 bits per heavy atom. The van der Waals surface area contributed by atoms with E-state index in [1.54, 1.807) is 18.3 Å². The Kier molecular flexibility index (Phi) is 8.56. The number of nitrogens with two attached hydrogens (primary N) is 1. The fourth-order valence-corrected chi connectivity index (χ4v) is 5.00. The lowest BCUT2D eigenvalue weighted by Gasteiger charge is -2.32. The van der Waals surface area contributed by atoms with E-state index in [1.807, 2.05) is 0 Å². The van der Waals surface area contributed by atoms with Crippen LogP contribution in [0.1, 0.15) is 66.4 Å². The number of rotatable bonds is 12. The van der Waals surface area contributed by atoms with Crippen LogP contribution in [0.2, 0.25) is 0 Å². The number of nitrogens with zero attached hydrogens (tertiary/aromatic N) is 1. The third kappa shape index (κ3) is 6.93. The summed E-state index contributed by atoms with van der Waals surface area (Å²) in [6.45, 7) is 7.83. The number of hydrogen-bond acceptors (Lipinski definition) is 4. The molecule has 4 rings (SSSR count). The summed E-state index contributed by atoms with van der Waals surface area (Å²) in [7, 11) is 0. The molecule has 7 heteroatoms. The average molecular weight is 516 g/mol. The lowest BCUT2D eigenvalue weighted by atomic mass is 9.88. The lowest BCUT2D eigenvalue weighted by Crippen LogP contribution is -2.45. The van der Waals surface area contributed by atoms with Gasteiger partial charge in [-0.3, -0.25) is 9.78 Å². The average Bonchev–Trinajstić information content (AvgIpc) is 3.28. The van der Waals surface area contributed by atoms with Gasteiger partial charge in [0.1, 0.15) is 0 Å². The monoisotopic (exact) mass is 515 g/mol. The number of carbonyl (C=O) groups is 1. The molecule has 0 aliphatic rings. The maximum absolute atomic E-state index is 11.7. The Labute approximate surface area is 224 Å². The molecule has 0 saturated carbocycles. The van der Waals surface area contributed by atoms with Crippen LogP contribution in [-0.4, -0.2) is 32.9 Å². The van der Waals surface area contributed by atoms with Gasteiger partial charge in [0.25, 0.3) is 5.91 Å². The molecule has 0 bridgehead atoms. The van der Waals surface area contributed by atoms with Crippen molar-refractivity contribution in [2.45, 2.75) is 58.4 Å². The number of aryl methyl sites for hydroxylation is 1. The second kappa shape index (κ2) is 11.8. The van der Waals surface area contributed by atoms with Crippen LogP contribution in [0.15, 0.2) is 60.8 Å². The molecule has 2 aromatic heterocycles. The van der Waals surface area contributed by atoms with Crippen LogP contribution in [0.25, 0.3) is 11.0 Å². The van der Waals surface area contributed by atoms with Gasteiger partial charge in [0.2, 0.25) is 0 Å². The minimum absolute atomic E-state index is 0.0154. The van der Waals surface area contributed by atoms with Crippen molar-refractivity contribution >= 4 is 29.2 Å². The van der Waals surface area contributed by atoms with Gasteiger partial charge in [-0.05, 0) is 92.2 Å². The molecule has 0 fully saturated rings. The number of aromatic amines is 2. The zero-order valence-electron chi connectivity index (χ0n) is 21.9. The molecule has 0 saturated heterocycles. The third-order valence-corrected chi connectivity index (χ3v) is 7.55. The van der Waals surface area contributed by atoms with Crippen molar-refractivity contribution in [1.29, 1.82) is 0 Å². The quantitative estimate of drug-likeness (QED) is 0.177. The normalized spacial score (nSPS) is 13.9. The van der Waals surface area contributed by atoms with E-state index in [4.69, 9.17) is 18.0 Å². The van der Waals surface area contributed by atoms with Crippen molar-refractivity contribution in [3.8, 4) is 0 Å². The molecule has 0 aliphatic carbocycles. The highest BCUT2D eigenvalue weighted by molar-refractivity contribution is 7.71. The first-order chi connectivity index (χ1) is 17.8. The Morgan fingerprint density at radius 2 is 1.86 bits per heavy atom. The Balaban J connectivity index is 1.32. The Bertz CT molecular complexity index is 1410. The number of fused-ring (bicyclic) bond motifs is 1. The molecule has 2 atom stereocenters. The van der Waals surface area contributed by atoms with Gasteiger partial charge < -0.3 is 21.0 Å². The summed E-state index contributed by atoms with van der Waals surface area (Å²) in [4.78, 5) is 22.6. The fourth-order valence-electron chi connectivity index (χ4n) is 4.79. The van der Waals surface area contributed by atoms with Crippen LogP contribution in [0, 0.1) is 10.7 Å². The zero-order valence-corrected chi connectivity index (χ0v) is 22.8. The molecule has 0 aliphatic heterocycles. The Morgan fingerprint density at radius 3 is 2.59 bits per heavy atom. The minimum atomic E-state index is -0.441. The number of amides is 1. The highest BCUT2D eigenvalue weighted by Gasteiger charge is 2.23. The molecular formula is C30H37N5OS. The van der Waals surface area contributed by atoms with Crippen molar-refractivity contribution < 1.29 is 4.79 Å². The summed E-state index contributed by atoms with van der Waals surface area (Å²) in [6.07, 6.45) is 6.39. The first-order valence-corrected chi connectivity index (χ1v) is 13.4. The SMILES string of the molecule is CCC(C)(Cc1ccc(Cc2ncccc2C(N)=O)cc1)NCC(C)CCc1cccc2[nH]c(=S)[nH]c12. The molecule has 194 valence electrons. The van der Waals surface area contributed by atoms with Crippen LogP contribution < -0.4 is 11.1 Å². The van der Waals surface area contributed by atoms with Crippen molar-refractivity contribution in [2.24, 2.45) is 11.7 Å². The van der Waals surface area contributed by atoms with Gasteiger partial charge in [-0.25, -0.2) is 0 Å². The van der Waals surface area contributed by atoms with Crippen molar-refractivity contribution in [1.82, 2.24) is 20.3 Å². The van der Waals surface area contributed by atoms with E-state index in [1.165, 1.54) is 11.1 Å². The second-order valence-electron chi connectivity index (χ2n) is 10.4. The van der Waals surface area contributed by atoms with Crippen LogP contribution in [0.4, 0.5) is 0 Å². The zero-order chi connectivity index (χ0) is 26.4. The van der Waals surface area contributed by atoms with Crippen LogP contribution in [0.3, 0.4) is 0 Å². The van der Waals surface area contributed by atoms with Gasteiger partial charge in [0.15, 0.2) is 4.77 Å². The molecule has 6 nitrogen and oxygen atoms in total. The van der Waals surface area contributed by atoms with Crippen LogP contribution >= 0.6 is 12.2 Å². The first-order valence-electron chi connectivity index (χ1n) is 13.0. The molecule has 2 unspecified atom stereocenters. The first kappa shape index (κ1) is 26.8. The second-order valence-corrected chi connectivity index (χ2v) is 10.8. The molecular weight excluding hydrogens is 478 g/mol. The number of hydrogen-bond donors (Lipinski definition) is 4. The van der Waals surface area contributed by atoms with E-state index in [0.29, 0.717) is 28.4 Å². The molecule has 1 amide bonds. The third-order valence-electron chi connectivity index (χ3n) is 7.35. The summed E-state index contributed by atoms with van der Waals surface area (Å²) in [5, 5.41) is 3.85. The van der Waals surface area contributed by atoms with E-state index in [2.05, 4.69) is 83.5 Å². The molecule has 5 N–H and O–H groups in total. The fraction of sp³-hybridized carbons (Fsp3) is 0.367. The highest BCUT2D eigenvalue weighted by atomic mass is 32.1. The lowest BCUT2D eigenvalue weighted by molar-refractivity contribution is 0.0999. The summed E-state index contributed by atoms with van der Waals surface area (Å²) in [5.74, 6) is 0.104. The van der Waals surface area contributed by atoms with Gasteiger partial charge in [0, 0.05) is 18.2 Å². The van der Waals surface area contributed by atoms with E-state index < -0.39 is 5.91 Å². The highest BCUT2D eigenvalue weighted by Crippen LogP contribution is 2.22. The molecule has 4 aromatic rings. The molecule has 0 radical (unpaired) electrons. The largest absolute Gasteiger partial charge is 0.366 e. The van der Waals surface area contributed by atoms with Crippen molar-refractivity contribution in [3.63, 3.8) is 0 Å². The maximum Gasteiger partial charge on any atom is 0.250 e. The topological polar surface area (TPSA) is 99.6 Å². The summed E-state index contributed by atoms with van der Waals surface area (Å²) in [5.41, 5.74) is 12.6. The number of H-pyrrole nitrogens is 2. The van der Waals surface area contributed by atoms with E-state index >= 15 is 0 Å². The van der Waals surface area contributed by atoms with Crippen molar-refractivity contribution in [3.05, 3.63) is 93.5 Å². The van der Waals surface area contributed by atoms with Crippen LogP contribution in [0.5, 0.6) is 0 Å². The van der Waals surface area contributed by atoms with E-state index in [0.717, 1.165) is 48.8 Å². The van der Waals surface area contributed by atoms with Gasteiger partial charge in [-0.1, -0.05) is 50.2 Å². The van der Waals surface area contributed by atoms with E-state index in [9.17, 15) is 4.79 Å². The molecule has 0 spiro atoms. The predicted octanol–water partition coefficient (Wildman–Crippen LogP) is 5.88. The number of para-hydroxylation sites is 1. The number of aromatic nitrogens is 3. The predicted molar refractivity (Wildman–Crippen MR) is 153 cm³/mol.